The zero-order valence-corrected chi connectivity index (χ0v) is 9.70. The summed E-state index contributed by atoms with van der Waals surface area (Å²) in [5.74, 6) is 0.896. The van der Waals surface area contributed by atoms with Crippen LogP contribution in [0.4, 0.5) is 0 Å². The number of amides is 1. The summed E-state index contributed by atoms with van der Waals surface area (Å²) in [6.45, 7) is 2.04. The van der Waals surface area contributed by atoms with Crippen LogP contribution < -0.4 is 0 Å². The van der Waals surface area contributed by atoms with Crippen molar-refractivity contribution < 1.29 is 14.7 Å². The van der Waals surface area contributed by atoms with Crippen LogP contribution in [-0.2, 0) is 9.59 Å². The molecule has 0 heterocycles. The molecule has 1 rings (SSSR count). The van der Waals surface area contributed by atoms with Gasteiger partial charge in [0, 0.05) is 6.04 Å². The first-order valence-electron chi connectivity index (χ1n) is 5.24. The van der Waals surface area contributed by atoms with E-state index >= 15 is 0 Å². The monoisotopic (exact) mass is 231 g/mol. The maximum absolute atomic E-state index is 11.0. The summed E-state index contributed by atoms with van der Waals surface area (Å²) in [4.78, 5) is 23.3. The highest BCUT2D eigenvalue weighted by Crippen LogP contribution is 2.28. The Balaban J connectivity index is 2.46. The summed E-state index contributed by atoms with van der Waals surface area (Å²) >= 11 is 1.71. The lowest BCUT2D eigenvalue weighted by atomic mass is 10.2. The van der Waals surface area contributed by atoms with Gasteiger partial charge in [0.25, 0.3) is 0 Å². The van der Waals surface area contributed by atoms with Crippen LogP contribution in [0.15, 0.2) is 0 Å². The zero-order chi connectivity index (χ0) is 11.3. The first-order valence-corrected chi connectivity index (χ1v) is 6.39. The minimum atomic E-state index is -0.884. The molecule has 0 saturated heterocycles. The number of carboxylic acids is 1. The van der Waals surface area contributed by atoms with Crippen molar-refractivity contribution in [2.24, 2.45) is 0 Å². The lowest BCUT2D eigenvalue weighted by Crippen LogP contribution is -2.42. The minimum absolute atomic E-state index is 0.176. The maximum atomic E-state index is 11.0. The van der Waals surface area contributed by atoms with E-state index in [1.807, 2.05) is 6.92 Å². The Morgan fingerprint density at radius 1 is 1.67 bits per heavy atom. The summed E-state index contributed by atoms with van der Waals surface area (Å²) < 4.78 is 0. The van der Waals surface area contributed by atoms with E-state index in [9.17, 15) is 9.59 Å². The van der Waals surface area contributed by atoms with E-state index in [1.54, 1.807) is 11.8 Å². The Hall–Kier alpha value is -0.710. The van der Waals surface area contributed by atoms with E-state index in [1.165, 1.54) is 4.90 Å². The second-order valence-corrected chi connectivity index (χ2v) is 5.02. The van der Waals surface area contributed by atoms with Gasteiger partial charge in [-0.25, -0.2) is 4.79 Å². The van der Waals surface area contributed by atoms with Crippen LogP contribution in [0.3, 0.4) is 0 Å². The lowest BCUT2D eigenvalue weighted by Gasteiger charge is -2.24. The Morgan fingerprint density at radius 3 is 2.73 bits per heavy atom. The van der Waals surface area contributed by atoms with Gasteiger partial charge >= 0.3 is 5.97 Å². The molecule has 0 aliphatic heterocycles. The fourth-order valence-electron chi connectivity index (χ4n) is 1.53. The maximum Gasteiger partial charge on any atom is 0.326 e. The first-order chi connectivity index (χ1) is 7.20. The third kappa shape index (κ3) is 3.74. The van der Waals surface area contributed by atoms with Crippen molar-refractivity contribution in [3.63, 3.8) is 0 Å². The van der Waals surface area contributed by atoms with Crippen LogP contribution in [0.1, 0.15) is 26.2 Å². The molecule has 1 aliphatic carbocycles. The third-order valence-electron chi connectivity index (χ3n) is 2.47. The second kappa shape index (κ2) is 6.00. The number of thioether (sulfide) groups is 1. The molecule has 0 aromatic heterocycles. The molecule has 1 amide bonds. The van der Waals surface area contributed by atoms with E-state index in [-0.39, 0.29) is 6.04 Å². The number of nitrogens with zero attached hydrogens (tertiary/aromatic N) is 1. The molecule has 86 valence electrons. The quantitative estimate of drug-likeness (QED) is 0.504. The van der Waals surface area contributed by atoms with Crippen molar-refractivity contribution >= 4 is 24.1 Å². The molecule has 1 aliphatic rings. The molecule has 1 N–H and O–H groups in total. The number of carbonyl (C=O) groups is 2. The normalized spacial score (nSPS) is 17.1. The summed E-state index contributed by atoms with van der Waals surface area (Å²) in [5, 5.41) is 9.04. The Morgan fingerprint density at radius 2 is 2.33 bits per heavy atom. The SMILES string of the molecule is CCSCCC(C(=O)O)N(C=O)C1CC1. The Labute approximate surface area is 94.0 Å². The van der Waals surface area contributed by atoms with E-state index in [2.05, 4.69) is 0 Å². The number of hydrogen-bond acceptors (Lipinski definition) is 3. The van der Waals surface area contributed by atoms with Gasteiger partial charge in [0.05, 0.1) is 0 Å². The van der Waals surface area contributed by atoms with E-state index in [4.69, 9.17) is 5.11 Å². The largest absolute Gasteiger partial charge is 0.480 e. The average molecular weight is 231 g/mol. The van der Waals surface area contributed by atoms with Crippen LogP contribution in [0.5, 0.6) is 0 Å². The first kappa shape index (κ1) is 12.4. The highest BCUT2D eigenvalue weighted by molar-refractivity contribution is 7.99. The molecular weight excluding hydrogens is 214 g/mol. The molecule has 0 spiro atoms. The molecule has 1 unspecified atom stereocenters. The number of rotatable bonds is 8. The van der Waals surface area contributed by atoms with Gasteiger partial charge in [-0.2, -0.15) is 11.8 Å². The third-order valence-corrected chi connectivity index (χ3v) is 3.41. The van der Waals surface area contributed by atoms with Gasteiger partial charge in [0.15, 0.2) is 0 Å². The molecule has 0 radical (unpaired) electrons. The number of hydrogen-bond donors (Lipinski definition) is 1. The number of aliphatic carboxylic acids is 1. The van der Waals surface area contributed by atoms with Crippen LogP contribution in [0.2, 0.25) is 0 Å². The van der Waals surface area contributed by atoms with E-state index < -0.39 is 12.0 Å². The van der Waals surface area contributed by atoms with E-state index in [0.717, 1.165) is 24.3 Å². The van der Waals surface area contributed by atoms with Crippen molar-refractivity contribution in [1.29, 1.82) is 0 Å². The molecule has 15 heavy (non-hydrogen) atoms. The van der Waals surface area contributed by atoms with Crippen molar-refractivity contribution in [2.75, 3.05) is 11.5 Å². The Kier molecular flexibility index (Phi) is 4.94. The van der Waals surface area contributed by atoms with Crippen molar-refractivity contribution in [1.82, 2.24) is 4.90 Å². The molecule has 0 aromatic carbocycles. The van der Waals surface area contributed by atoms with Crippen LogP contribution in [-0.4, -0.2) is 46.0 Å². The fourth-order valence-corrected chi connectivity index (χ4v) is 2.20. The van der Waals surface area contributed by atoms with Gasteiger partial charge in [0.1, 0.15) is 6.04 Å². The summed E-state index contributed by atoms with van der Waals surface area (Å²) in [6.07, 6.45) is 3.13. The molecule has 0 bridgehead atoms. The average Bonchev–Trinajstić information content (AvgIpc) is 3.00. The molecule has 1 atom stereocenters. The molecule has 0 aromatic rings. The second-order valence-electron chi connectivity index (χ2n) is 3.62. The highest BCUT2D eigenvalue weighted by atomic mass is 32.2. The number of carboxylic acid groups (broad SMARTS) is 1. The van der Waals surface area contributed by atoms with Gasteiger partial charge in [0.2, 0.25) is 6.41 Å². The van der Waals surface area contributed by atoms with Crippen LogP contribution >= 0.6 is 11.8 Å². The van der Waals surface area contributed by atoms with Gasteiger partial charge in [-0.15, -0.1) is 0 Å². The van der Waals surface area contributed by atoms with Gasteiger partial charge in [-0.3, -0.25) is 4.79 Å². The van der Waals surface area contributed by atoms with Crippen molar-refractivity contribution in [3.05, 3.63) is 0 Å². The smallest absolute Gasteiger partial charge is 0.326 e. The predicted molar refractivity (Wildman–Crippen MR) is 60.0 cm³/mol. The lowest BCUT2D eigenvalue weighted by molar-refractivity contribution is -0.146. The minimum Gasteiger partial charge on any atom is -0.480 e. The Bertz CT molecular complexity index is 231. The highest BCUT2D eigenvalue weighted by Gasteiger charge is 2.35. The summed E-state index contributed by atoms with van der Waals surface area (Å²) in [6, 6.07) is -0.454. The predicted octanol–water partition coefficient (Wildman–Crippen LogP) is 1.20. The number of carbonyl (C=O) groups excluding carboxylic acids is 1. The van der Waals surface area contributed by atoms with Crippen molar-refractivity contribution in [2.45, 2.75) is 38.3 Å². The molecular formula is C10H17NO3S. The summed E-state index contributed by atoms with van der Waals surface area (Å²) in [5.41, 5.74) is 0. The molecule has 4 nitrogen and oxygen atoms in total. The standard InChI is InChI=1S/C10H17NO3S/c1-2-15-6-5-9(10(13)14)11(7-12)8-3-4-8/h7-9H,2-6H2,1H3,(H,13,14). The fraction of sp³-hybridized carbons (Fsp3) is 0.800. The van der Waals surface area contributed by atoms with Crippen LogP contribution in [0.25, 0.3) is 0 Å². The van der Waals surface area contributed by atoms with Gasteiger partial charge in [-0.1, -0.05) is 6.92 Å². The topological polar surface area (TPSA) is 57.6 Å². The van der Waals surface area contributed by atoms with Gasteiger partial charge < -0.3 is 10.0 Å². The molecule has 1 saturated carbocycles. The van der Waals surface area contributed by atoms with Crippen molar-refractivity contribution in [3.8, 4) is 0 Å². The molecule has 5 heteroatoms. The van der Waals surface area contributed by atoms with Crippen LogP contribution in [0, 0.1) is 0 Å². The zero-order valence-electron chi connectivity index (χ0n) is 8.89. The molecule has 1 fully saturated rings. The van der Waals surface area contributed by atoms with E-state index in [0.29, 0.717) is 12.8 Å². The summed E-state index contributed by atoms with van der Waals surface area (Å²) in [7, 11) is 0. The van der Waals surface area contributed by atoms with Gasteiger partial charge in [-0.05, 0) is 30.8 Å².